The number of alkyl halides is 3. The predicted molar refractivity (Wildman–Crippen MR) is 56.7 cm³/mol. The quantitative estimate of drug-likeness (QED) is 0.818. The normalized spacial score (nSPS) is 11.6. The standard InChI is InChI=1S/C10H14F3N3O2/c1-2-14-8(18)6-16-5-7(3-4-17)9(15-16)10(11,12)13/h5,17H,2-4,6H2,1H3,(H,14,18). The van der Waals surface area contributed by atoms with Crippen LogP contribution in [-0.2, 0) is 23.9 Å². The summed E-state index contributed by atoms with van der Waals surface area (Å²) in [5.41, 5.74) is -1.17. The number of aromatic nitrogens is 2. The van der Waals surface area contributed by atoms with Crippen molar-refractivity contribution < 1.29 is 23.1 Å². The van der Waals surface area contributed by atoms with Gasteiger partial charge in [0, 0.05) is 24.9 Å². The maximum absolute atomic E-state index is 12.6. The Morgan fingerprint density at radius 2 is 2.22 bits per heavy atom. The molecule has 0 saturated heterocycles. The average Bonchev–Trinajstić information content (AvgIpc) is 2.61. The third-order valence-electron chi connectivity index (χ3n) is 2.17. The van der Waals surface area contributed by atoms with Gasteiger partial charge in [0.25, 0.3) is 0 Å². The van der Waals surface area contributed by atoms with Crippen LogP contribution in [0.5, 0.6) is 0 Å². The fraction of sp³-hybridized carbons (Fsp3) is 0.600. The lowest BCUT2D eigenvalue weighted by molar-refractivity contribution is -0.142. The Morgan fingerprint density at radius 1 is 1.56 bits per heavy atom. The van der Waals surface area contributed by atoms with Crippen molar-refractivity contribution in [1.82, 2.24) is 15.1 Å². The second-order valence-corrected chi connectivity index (χ2v) is 3.63. The Balaban J connectivity index is 2.92. The number of hydrogen-bond donors (Lipinski definition) is 2. The van der Waals surface area contributed by atoms with Crippen LogP contribution in [0.15, 0.2) is 6.20 Å². The maximum atomic E-state index is 12.6. The third-order valence-corrected chi connectivity index (χ3v) is 2.17. The molecule has 0 aliphatic carbocycles. The number of aliphatic hydroxyl groups excluding tert-OH is 1. The Morgan fingerprint density at radius 3 is 2.72 bits per heavy atom. The molecule has 18 heavy (non-hydrogen) atoms. The number of carbonyl (C=O) groups excluding carboxylic acids is 1. The highest BCUT2D eigenvalue weighted by atomic mass is 19.4. The summed E-state index contributed by atoms with van der Waals surface area (Å²) < 4.78 is 38.8. The van der Waals surface area contributed by atoms with Crippen LogP contribution in [0.1, 0.15) is 18.2 Å². The zero-order chi connectivity index (χ0) is 13.8. The zero-order valence-electron chi connectivity index (χ0n) is 9.79. The number of nitrogens with one attached hydrogen (secondary N) is 1. The summed E-state index contributed by atoms with van der Waals surface area (Å²) in [5.74, 6) is -0.413. The SMILES string of the molecule is CCNC(=O)Cn1cc(CCO)c(C(F)(F)F)n1. The van der Waals surface area contributed by atoms with Gasteiger partial charge in [0.15, 0.2) is 5.69 Å². The molecule has 8 heteroatoms. The summed E-state index contributed by atoms with van der Waals surface area (Å²) in [6.45, 7) is 1.42. The molecule has 0 aromatic carbocycles. The van der Waals surface area contributed by atoms with Gasteiger partial charge < -0.3 is 10.4 Å². The number of rotatable bonds is 5. The topological polar surface area (TPSA) is 67.2 Å². The molecule has 0 aliphatic rings. The van der Waals surface area contributed by atoms with Gasteiger partial charge in [0.1, 0.15) is 6.54 Å². The van der Waals surface area contributed by atoms with Crippen molar-refractivity contribution in [3.05, 3.63) is 17.5 Å². The van der Waals surface area contributed by atoms with E-state index >= 15 is 0 Å². The van der Waals surface area contributed by atoms with Crippen molar-refractivity contribution in [3.8, 4) is 0 Å². The minimum Gasteiger partial charge on any atom is -0.396 e. The fourth-order valence-electron chi connectivity index (χ4n) is 1.49. The summed E-state index contributed by atoms with van der Waals surface area (Å²) in [5, 5.41) is 14.5. The molecule has 0 unspecified atom stereocenters. The van der Waals surface area contributed by atoms with Gasteiger partial charge in [-0.1, -0.05) is 0 Å². The number of aliphatic hydroxyl groups is 1. The van der Waals surface area contributed by atoms with E-state index in [0.29, 0.717) is 6.54 Å². The summed E-state index contributed by atoms with van der Waals surface area (Å²) in [6, 6.07) is 0. The highest BCUT2D eigenvalue weighted by molar-refractivity contribution is 5.75. The van der Waals surface area contributed by atoms with E-state index in [9.17, 15) is 18.0 Å². The van der Waals surface area contributed by atoms with Crippen LogP contribution in [0.4, 0.5) is 13.2 Å². The highest BCUT2D eigenvalue weighted by Gasteiger charge is 2.36. The van der Waals surface area contributed by atoms with Crippen molar-refractivity contribution in [2.24, 2.45) is 0 Å². The number of amides is 1. The Labute approximate surface area is 102 Å². The van der Waals surface area contributed by atoms with Crippen LogP contribution < -0.4 is 5.32 Å². The second kappa shape index (κ2) is 5.85. The van der Waals surface area contributed by atoms with Crippen molar-refractivity contribution in [3.63, 3.8) is 0 Å². The van der Waals surface area contributed by atoms with Crippen LogP contribution in [-0.4, -0.2) is 33.9 Å². The molecule has 0 radical (unpaired) electrons. The van der Waals surface area contributed by atoms with E-state index in [1.54, 1.807) is 6.92 Å². The average molecular weight is 265 g/mol. The van der Waals surface area contributed by atoms with Gasteiger partial charge in [-0.05, 0) is 13.3 Å². The van der Waals surface area contributed by atoms with Crippen LogP contribution in [0.25, 0.3) is 0 Å². The molecular formula is C10H14F3N3O2. The Bertz CT molecular complexity index is 415. The number of nitrogens with zero attached hydrogens (tertiary/aromatic N) is 2. The van der Waals surface area contributed by atoms with E-state index < -0.39 is 24.4 Å². The predicted octanol–water partition coefficient (Wildman–Crippen LogP) is 0.573. The third kappa shape index (κ3) is 3.73. The lowest BCUT2D eigenvalue weighted by Crippen LogP contribution is -2.27. The first-order chi connectivity index (χ1) is 8.38. The molecule has 0 spiro atoms. The number of likely N-dealkylation sites (N-methyl/N-ethyl adjacent to an activating group) is 1. The molecule has 0 fully saturated rings. The van der Waals surface area contributed by atoms with E-state index in [4.69, 9.17) is 5.11 Å². The lowest BCUT2D eigenvalue weighted by atomic mass is 10.2. The van der Waals surface area contributed by atoms with Gasteiger partial charge >= 0.3 is 6.18 Å². The van der Waals surface area contributed by atoms with E-state index in [1.165, 1.54) is 0 Å². The van der Waals surface area contributed by atoms with Crippen molar-refractivity contribution in [2.45, 2.75) is 26.1 Å². The first-order valence-corrected chi connectivity index (χ1v) is 5.39. The van der Waals surface area contributed by atoms with Gasteiger partial charge in [0.2, 0.25) is 5.91 Å². The fourth-order valence-corrected chi connectivity index (χ4v) is 1.49. The second-order valence-electron chi connectivity index (χ2n) is 3.63. The molecule has 0 atom stereocenters. The Hall–Kier alpha value is -1.57. The summed E-state index contributed by atoms with van der Waals surface area (Å²) in [6.07, 6.45) is -3.60. The first kappa shape index (κ1) is 14.5. The van der Waals surface area contributed by atoms with Gasteiger partial charge in [-0.25, -0.2) is 0 Å². The van der Waals surface area contributed by atoms with Crippen LogP contribution in [0, 0.1) is 0 Å². The van der Waals surface area contributed by atoms with E-state index in [0.717, 1.165) is 10.9 Å². The zero-order valence-corrected chi connectivity index (χ0v) is 9.79. The van der Waals surface area contributed by atoms with E-state index in [2.05, 4.69) is 10.4 Å². The van der Waals surface area contributed by atoms with Gasteiger partial charge in [-0.15, -0.1) is 0 Å². The minimum absolute atomic E-state index is 0.116. The van der Waals surface area contributed by atoms with E-state index in [1.807, 2.05) is 0 Å². The molecule has 0 aliphatic heterocycles. The molecule has 1 aromatic rings. The van der Waals surface area contributed by atoms with Crippen molar-refractivity contribution in [1.29, 1.82) is 0 Å². The molecular weight excluding hydrogens is 251 g/mol. The molecule has 0 saturated carbocycles. The minimum atomic E-state index is -4.59. The number of halogens is 3. The molecule has 1 aromatic heterocycles. The Kier molecular flexibility index (Phi) is 4.71. The largest absolute Gasteiger partial charge is 0.435 e. The molecule has 102 valence electrons. The summed E-state index contributed by atoms with van der Waals surface area (Å²) >= 11 is 0. The molecule has 1 heterocycles. The van der Waals surface area contributed by atoms with Crippen LogP contribution in [0.2, 0.25) is 0 Å². The molecule has 1 rings (SSSR count). The van der Waals surface area contributed by atoms with Gasteiger partial charge in [-0.2, -0.15) is 18.3 Å². The highest BCUT2D eigenvalue weighted by Crippen LogP contribution is 2.30. The lowest BCUT2D eigenvalue weighted by Gasteiger charge is -2.04. The van der Waals surface area contributed by atoms with Crippen molar-refractivity contribution in [2.75, 3.05) is 13.2 Å². The first-order valence-electron chi connectivity index (χ1n) is 5.39. The molecule has 2 N–H and O–H groups in total. The van der Waals surface area contributed by atoms with Crippen LogP contribution in [0.3, 0.4) is 0 Å². The van der Waals surface area contributed by atoms with E-state index in [-0.39, 0.29) is 18.5 Å². The molecule has 5 nitrogen and oxygen atoms in total. The van der Waals surface area contributed by atoms with Crippen LogP contribution >= 0.6 is 0 Å². The number of hydrogen-bond acceptors (Lipinski definition) is 3. The summed E-state index contributed by atoms with van der Waals surface area (Å²) in [7, 11) is 0. The molecule has 1 amide bonds. The van der Waals surface area contributed by atoms with Gasteiger partial charge in [0.05, 0.1) is 0 Å². The smallest absolute Gasteiger partial charge is 0.396 e. The number of carbonyl (C=O) groups is 1. The maximum Gasteiger partial charge on any atom is 0.435 e. The van der Waals surface area contributed by atoms with Crippen molar-refractivity contribution >= 4 is 5.91 Å². The molecule has 0 bridgehead atoms. The van der Waals surface area contributed by atoms with Gasteiger partial charge in [-0.3, -0.25) is 9.48 Å². The monoisotopic (exact) mass is 265 g/mol. The summed E-state index contributed by atoms with van der Waals surface area (Å²) in [4.78, 5) is 11.2.